The van der Waals surface area contributed by atoms with Gasteiger partial charge in [0, 0.05) is 19.0 Å². The van der Waals surface area contributed by atoms with Crippen LogP contribution in [0.2, 0.25) is 0 Å². The Hall–Kier alpha value is -1.35. The lowest BCUT2D eigenvalue weighted by atomic mass is 10.1. The number of carbonyl (C=O) groups excluding carboxylic acids is 1. The van der Waals surface area contributed by atoms with Gasteiger partial charge in [-0.1, -0.05) is 29.8 Å². The van der Waals surface area contributed by atoms with Gasteiger partial charge in [0.1, 0.15) is 0 Å². The van der Waals surface area contributed by atoms with Gasteiger partial charge in [-0.2, -0.15) is 0 Å². The van der Waals surface area contributed by atoms with Crippen molar-refractivity contribution in [3.8, 4) is 0 Å². The van der Waals surface area contributed by atoms with Gasteiger partial charge in [-0.3, -0.25) is 4.79 Å². The largest absolute Gasteiger partial charge is 0.352 e. The van der Waals surface area contributed by atoms with E-state index in [9.17, 15) is 4.79 Å². The van der Waals surface area contributed by atoms with Crippen LogP contribution >= 0.6 is 0 Å². The van der Waals surface area contributed by atoms with Crippen LogP contribution in [0.1, 0.15) is 24.0 Å². The maximum Gasteiger partial charge on any atom is 0.220 e. The van der Waals surface area contributed by atoms with E-state index >= 15 is 0 Å². The minimum Gasteiger partial charge on any atom is -0.352 e. The van der Waals surface area contributed by atoms with Crippen LogP contribution in [0.25, 0.3) is 0 Å². The minimum atomic E-state index is 0.166. The first-order valence-electron chi connectivity index (χ1n) is 6.29. The van der Waals surface area contributed by atoms with Gasteiger partial charge in [-0.25, -0.2) is 0 Å². The molecule has 2 rings (SSSR count). The zero-order chi connectivity index (χ0) is 12.1. The van der Waals surface area contributed by atoms with Crippen LogP contribution in [-0.4, -0.2) is 25.0 Å². The van der Waals surface area contributed by atoms with Crippen molar-refractivity contribution in [2.45, 2.75) is 32.2 Å². The molecule has 1 unspecified atom stereocenters. The van der Waals surface area contributed by atoms with E-state index in [1.807, 2.05) is 0 Å². The van der Waals surface area contributed by atoms with Crippen LogP contribution in [0.5, 0.6) is 0 Å². The van der Waals surface area contributed by atoms with Crippen LogP contribution < -0.4 is 10.6 Å². The molecule has 0 spiro atoms. The number of carbonyl (C=O) groups is 1. The summed E-state index contributed by atoms with van der Waals surface area (Å²) in [4.78, 5) is 11.7. The second-order valence-electron chi connectivity index (χ2n) is 4.74. The lowest BCUT2D eigenvalue weighted by Crippen LogP contribution is -2.36. The van der Waals surface area contributed by atoms with Crippen molar-refractivity contribution in [1.29, 1.82) is 0 Å². The van der Waals surface area contributed by atoms with E-state index in [1.165, 1.54) is 11.1 Å². The Labute approximate surface area is 103 Å². The molecule has 1 aromatic carbocycles. The molecule has 1 aliphatic rings. The third-order valence-corrected chi connectivity index (χ3v) is 3.19. The molecule has 3 nitrogen and oxygen atoms in total. The van der Waals surface area contributed by atoms with Crippen molar-refractivity contribution in [3.63, 3.8) is 0 Å². The first kappa shape index (κ1) is 12.1. The minimum absolute atomic E-state index is 0.166. The molecule has 1 heterocycles. The monoisotopic (exact) mass is 232 g/mol. The molecule has 0 aromatic heterocycles. The molecule has 17 heavy (non-hydrogen) atoms. The highest BCUT2D eigenvalue weighted by Gasteiger charge is 2.16. The van der Waals surface area contributed by atoms with Gasteiger partial charge in [0.2, 0.25) is 5.91 Å². The van der Waals surface area contributed by atoms with Crippen molar-refractivity contribution in [2.24, 2.45) is 0 Å². The Kier molecular flexibility index (Phi) is 4.15. The average molecular weight is 232 g/mol. The van der Waals surface area contributed by atoms with E-state index in [-0.39, 0.29) is 5.91 Å². The lowest BCUT2D eigenvalue weighted by molar-refractivity contribution is -0.121. The summed E-state index contributed by atoms with van der Waals surface area (Å²) in [6.45, 7) is 4.00. The highest BCUT2D eigenvalue weighted by atomic mass is 16.1. The molecule has 92 valence electrons. The Bertz CT molecular complexity index is 366. The van der Waals surface area contributed by atoms with Crippen LogP contribution in [0.4, 0.5) is 0 Å². The van der Waals surface area contributed by atoms with Crippen molar-refractivity contribution in [3.05, 3.63) is 35.4 Å². The van der Waals surface area contributed by atoms with Gasteiger partial charge in [0.15, 0.2) is 0 Å². The number of rotatable bonds is 4. The third kappa shape index (κ3) is 3.86. The molecule has 1 aromatic rings. The molecule has 1 atom stereocenters. The normalized spacial score (nSPS) is 19.2. The molecule has 3 heteroatoms. The molecule has 0 bridgehead atoms. The molecule has 1 amide bonds. The summed E-state index contributed by atoms with van der Waals surface area (Å²) in [5.41, 5.74) is 2.49. The van der Waals surface area contributed by atoms with Crippen molar-refractivity contribution in [1.82, 2.24) is 10.6 Å². The van der Waals surface area contributed by atoms with Crippen LogP contribution in [-0.2, 0) is 11.2 Å². The molecular formula is C14H20N2O. The predicted octanol–water partition coefficient (Wildman–Crippen LogP) is 1.41. The van der Waals surface area contributed by atoms with Crippen molar-refractivity contribution < 1.29 is 4.79 Å². The van der Waals surface area contributed by atoms with Gasteiger partial charge in [0.25, 0.3) is 0 Å². The lowest BCUT2D eigenvalue weighted by Gasteiger charge is -2.11. The predicted molar refractivity (Wildman–Crippen MR) is 68.9 cm³/mol. The number of nitrogens with one attached hydrogen (secondary N) is 2. The summed E-state index contributed by atoms with van der Waals surface area (Å²) in [6.07, 6.45) is 2.46. The highest BCUT2D eigenvalue weighted by molar-refractivity contribution is 5.76. The summed E-state index contributed by atoms with van der Waals surface area (Å²) in [5, 5.41) is 6.30. The summed E-state index contributed by atoms with van der Waals surface area (Å²) in [6, 6.07) is 8.71. The van der Waals surface area contributed by atoms with E-state index in [1.54, 1.807) is 0 Å². The van der Waals surface area contributed by atoms with Crippen molar-refractivity contribution >= 4 is 5.91 Å². The summed E-state index contributed by atoms with van der Waals surface area (Å²) >= 11 is 0. The van der Waals surface area contributed by atoms with Crippen LogP contribution in [0.15, 0.2) is 24.3 Å². The van der Waals surface area contributed by atoms with E-state index < -0.39 is 0 Å². The smallest absolute Gasteiger partial charge is 0.220 e. The quantitative estimate of drug-likeness (QED) is 0.824. The van der Waals surface area contributed by atoms with E-state index in [2.05, 4.69) is 41.8 Å². The van der Waals surface area contributed by atoms with E-state index in [0.717, 1.165) is 25.9 Å². The van der Waals surface area contributed by atoms with Gasteiger partial charge in [-0.15, -0.1) is 0 Å². The number of hydrogen-bond donors (Lipinski definition) is 2. The summed E-state index contributed by atoms with van der Waals surface area (Å²) < 4.78 is 0. The molecule has 1 aliphatic heterocycles. The van der Waals surface area contributed by atoms with E-state index in [4.69, 9.17) is 0 Å². The van der Waals surface area contributed by atoms with Crippen LogP contribution in [0, 0.1) is 6.92 Å². The second kappa shape index (κ2) is 5.82. The fourth-order valence-electron chi connectivity index (χ4n) is 2.09. The number of hydrogen-bond acceptors (Lipinski definition) is 2. The van der Waals surface area contributed by atoms with Gasteiger partial charge in [-0.05, 0) is 31.9 Å². The molecule has 1 fully saturated rings. The molecule has 1 saturated heterocycles. The standard InChI is InChI=1S/C14H20N2O/c1-11-2-4-12(5-3-11)6-7-14(17)16-13-8-9-15-10-13/h2-5,13,15H,6-10H2,1H3,(H,16,17). The fourth-order valence-corrected chi connectivity index (χ4v) is 2.09. The van der Waals surface area contributed by atoms with Crippen LogP contribution in [0.3, 0.4) is 0 Å². The van der Waals surface area contributed by atoms with Gasteiger partial charge >= 0.3 is 0 Å². The van der Waals surface area contributed by atoms with Crippen molar-refractivity contribution in [2.75, 3.05) is 13.1 Å². The Morgan fingerprint density at radius 1 is 1.41 bits per heavy atom. The van der Waals surface area contributed by atoms with E-state index in [0.29, 0.717) is 12.5 Å². The molecule has 0 radical (unpaired) electrons. The topological polar surface area (TPSA) is 41.1 Å². The number of amides is 1. The molecular weight excluding hydrogens is 212 g/mol. The van der Waals surface area contributed by atoms with Gasteiger partial charge in [0.05, 0.1) is 0 Å². The highest BCUT2D eigenvalue weighted by Crippen LogP contribution is 2.06. The zero-order valence-corrected chi connectivity index (χ0v) is 10.3. The molecule has 0 aliphatic carbocycles. The summed E-state index contributed by atoms with van der Waals surface area (Å²) in [7, 11) is 0. The summed E-state index contributed by atoms with van der Waals surface area (Å²) in [5.74, 6) is 0.166. The second-order valence-corrected chi connectivity index (χ2v) is 4.74. The molecule has 2 N–H and O–H groups in total. The number of benzene rings is 1. The SMILES string of the molecule is Cc1ccc(CCC(=O)NC2CCNC2)cc1. The first-order chi connectivity index (χ1) is 8.24. The fraction of sp³-hybridized carbons (Fsp3) is 0.500. The first-order valence-corrected chi connectivity index (χ1v) is 6.29. The Morgan fingerprint density at radius 2 is 2.18 bits per heavy atom. The Morgan fingerprint density at radius 3 is 2.82 bits per heavy atom. The average Bonchev–Trinajstić information content (AvgIpc) is 2.81. The maximum atomic E-state index is 11.7. The zero-order valence-electron chi connectivity index (χ0n) is 10.3. The molecule has 0 saturated carbocycles. The Balaban J connectivity index is 1.73. The maximum absolute atomic E-state index is 11.7. The number of aryl methyl sites for hydroxylation is 2. The van der Waals surface area contributed by atoms with Gasteiger partial charge < -0.3 is 10.6 Å². The third-order valence-electron chi connectivity index (χ3n) is 3.19.